The van der Waals surface area contributed by atoms with Crippen molar-refractivity contribution >= 4 is 5.84 Å². The third-order valence-electron chi connectivity index (χ3n) is 3.60. The van der Waals surface area contributed by atoms with Crippen LogP contribution in [0.15, 0.2) is 29.2 Å². The molecule has 20 heavy (non-hydrogen) atoms. The zero-order valence-electron chi connectivity index (χ0n) is 12.0. The molecule has 7 heteroatoms. The molecule has 2 unspecified atom stereocenters. The van der Waals surface area contributed by atoms with Crippen molar-refractivity contribution < 1.29 is 14.6 Å². The fraction of sp³-hybridized carbons (Fsp3) is 0.615. The van der Waals surface area contributed by atoms with Gasteiger partial charge in [0.25, 0.3) is 0 Å². The molecular weight excluding hydrogens is 260 g/mol. The van der Waals surface area contributed by atoms with E-state index in [0.29, 0.717) is 18.3 Å². The van der Waals surface area contributed by atoms with Crippen LogP contribution >= 0.6 is 0 Å². The number of likely N-dealkylation sites (N-methyl/N-ethyl adjacent to an activating group) is 1. The number of aliphatic hydroxyl groups is 1. The van der Waals surface area contributed by atoms with E-state index in [-0.39, 0.29) is 12.1 Å². The highest BCUT2D eigenvalue weighted by Crippen LogP contribution is 2.29. The van der Waals surface area contributed by atoms with Crippen molar-refractivity contribution in [3.8, 4) is 0 Å². The van der Waals surface area contributed by atoms with Gasteiger partial charge >= 0.3 is 0 Å². The first-order chi connectivity index (χ1) is 9.49. The molecule has 2 heterocycles. The molecule has 4 N–H and O–H groups in total. The van der Waals surface area contributed by atoms with Gasteiger partial charge in [-0.25, -0.2) is 4.99 Å². The summed E-state index contributed by atoms with van der Waals surface area (Å²) in [6.45, 7) is 6.10. The molecule has 7 nitrogen and oxygen atoms in total. The highest BCUT2D eigenvalue weighted by atomic mass is 16.6. The fourth-order valence-corrected chi connectivity index (χ4v) is 2.49. The molecule has 2 rings (SSSR count). The Morgan fingerprint density at radius 2 is 2.35 bits per heavy atom. The number of rotatable bonds is 4. The number of aliphatic imine (C=N–C) groups is 1. The molecule has 0 saturated carbocycles. The van der Waals surface area contributed by atoms with Crippen molar-refractivity contribution in [3.63, 3.8) is 0 Å². The van der Waals surface area contributed by atoms with Gasteiger partial charge < -0.3 is 30.5 Å². The smallest absolute Gasteiger partial charge is 0.163 e. The van der Waals surface area contributed by atoms with E-state index in [1.807, 2.05) is 6.92 Å². The molecule has 0 aliphatic carbocycles. The SMILES string of the molecule is C=C1N=C(N)C(C)=CN1[C@@H]1O[C@H](COC)C(NC)C1O. The Bertz CT molecular complexity index is 449. The van der Waals surface area contributed by atoms with Crippen LogP contribution in [0.25, 0.3) is 0 Å². The zero-order valence-corrected chi connectivity index (χ0v) is 12.0. The summed E-state index contributed by atoms with van der Waals surface area (Å²) in [5.41, 5.74) is 6.56. The third-order valence-corrected chi connectivity index (χ3v) is 3.60. The number of nitrogens with zero attached hydrogens (tertiary/aromatic N) is 2. The molecule has 0 radical (unpaired) electrons. The maximum absolute atomic E-state index is 10.4. The molecule has 1 fully saturated rings. The van der Waals surface area contributed by atoms with Crippen LogP contribution in [-0.2, 0) is 9.47 Å². The minimum atomic E-state index is -0.726. The van der Waals surface area contributed by atoms with Crippen LogP contribution in [0.4, 0.5) is 0 Å². The summed E-state index contributed by atoms with van der Waals surface area (Å²) in [6.07, 6.45) is 0.262. The first-order valence-corrected chi connectivity index (χ1v) is 6.49. The number of ether oxygens (including phenoxy) is 2. The van der Waals surface area contributed by atoms with Crippen molar-refractivity contribution in [2.75, 3.05) is 20.8 Å². The number of nitrogens with one attached hydrogen (secondary N) is 1. The highest BCUT2D eigenvalue weighted by molar-refractivity contribution is 5.97. The van der Waals surface area contributed by atoms with E-state index in [1.165, 1.54) is 0 Å². The number of methoxy groups -OCH3 is 1. The second kappa shape index (κ2) is 5.92. The predicted octanol–water partition coefficient (Wildman–Crippen LogP) is -0.646. The summed E-state index contributed by atoms with van der Waals surface area (Å²) < 4.78 is 11.0. The Hall–Kier alpha value is -1.41. The van der Waals surface area contributed by atoms with E-state index in [0.717, 1.165) is 5.57 Å². The second-order valence-electron chi connectivity index (χ2n) is 4.96. The molecule has 0 aromatic carbocycles. The summed E-state index contributed by atoms with van der Waals surface area (Å²) in [4.78, 5) is 5.87. The van der Waals surface area contributed by atoms with Gasteiger partial charge in [0.15, 0.2) is 6.23 Å². The van der Waals surface area contributed by atoms with Gasteiger partial charge in [-0.3, -0.25) is 0 Å². The van der Waals surface area contributed by atoms with E-state index in [2.05, 4.69) is 16.9 Å². The quantitative estimate of drug-likeness (QED) is 0.635. The normalized spacial score (nSPS) is 34.2. The number of amidine groups is 1. The number of nitrogens with two attached hydrogens (primary N) is 1. The number of aliphatic hydroxyl groups excluding tert-OH is 1. The van der Waals surface area contributed by atoms with Gasteiger partial charge in [-0.05, 0) is 14.0 Å². The summed E-state index contributed by atoms with van der Waals surface area (Å²) in [5, 5.41) is 13.5. The first kappa shape index (κ1) is 15.0. The molecule has 0 bridgehead atoms. The van der Waals surface area contributed by atoms with Gasteiger partial charge in [-0.15, -0.1) is 0 Å². The van der Waals surface area contributed by atoms with Crippen LogP contribution in [-0.4, -0.2) is 61.1 Å². The summed E-state index contributed by atoms with van der Waals surface area (Å²) >= 11 is 0. The summed E-state index contributed by atoms with van der Waals surface area (Å²) in [7, 11) is 3.38. The van der Waals surface area contributed by atoms with Gasteiger partial charge in [0.1, 0.15) is 23.9 Å². The van der Waals surface area contributed by atoms with Gasteiger partial charge in [0.05, 0.1) is 12.6 Å². The lowest BCUT2D eigenvalue weighted by Crippen LogP contribution is -2.47. The molecule has 0 spiro atoms. The van der Waals surface area contributed by atoms with E-state index in [1.54, 1.807) is 25.3 Å². The lowest BCUT2D eigenvalue weighted by Gasteiger charge is -2.32. The molecular formula is C13H22N4O3. The van der Waals surface area contributed by atoms with Crippen molar-refractivity contribution in [2.45, 2.75) is 31.4 Å². The first-order valence-electron chi connectivity index (χ1n) is 6.49. The highest BCUT2D eigenvalue weighted by Gasteiger charge is 2.46. The molecule has 2 aliphatic rings. The minimum absolute atomic E-state index is 0.218. The molecule has 0 aromatic heterocycles. The van der Waals surface area contributed by atoms with Crippen molar-refractivity contribution in [1.29, 1.82) is 0 Å². The van der Waals surface area contributed by atoms with Crippen molar-refractivity contribution in [1.82, 2.24) is 10.2 Å². The maximum atomic E-state index is 10.4. The van der Waals surface area contributed by atoms with Gasteiger partial charge in [0, 0.05) is 18.9 Å². The number of hydrogen-bond acceptors (Lipinski definition) is 7. The lowest BCUT2D eigenvalue weighted by atomic mass is 10.1. The Kier molecular flexibility index (Phi) is 4.44. The van der Waals surface area contributed by atoms with Gasteiger partial charge in [-0.2, -0.15) is 0 Å². The predicted molar refractivity (Wildman–Crippen MR) is 75.7 cm³/mol. The standard InChI is InChI=1S/C13H22N4O3/c1-7-5-17(8(2)16-12(7)14)13-11(18)10(15-3)9(20-13)6-19-4/h5,9-11,13,15,18H,2,6H2,1,3-4H3,(H2,14,16)/t9-,10?,11?,13-/m1/s1. The van der Waals surface area contributed by atoms with Gasteiger partial charge in [0.2, 0.25) is 0 Å². The van der Waals surface area contributed by atoms with Crippen LogP contribution in [0.5, 0.6) is 0 Å². The van der Waals surface area contributed by atoms with Crippen LogP contribution in [0, 0.1) is 0 Å². The Morgan fingerprint density at radius 3 is 2.95 bits per heavy atom. The average molecular weight is 282 g/mol. The fourth-order valence-electron chi connectivity index (χ4n) is 2.49. The Balaban J connectivity index is 2.19. The largest absolute Gasteiger partial charge is 0.387 e. The van der Waals surface area contributed by atoms with Crippen LogP contribution in [0.3, 0.4) is 0 Å². The van der Waals surface area contributed by atoms with E-state index >= 15 is 0 Å². The topological polar surface area (TPSA) is 92.3 Å². The van der Waals surface area contributed by atoms with Crippen LogP contribution in [0.2, 0.25) is 0 Å². The Morgan fingerprint density at radius 1 is 1.65 bits per heavy atom. The molecule has 1 saturated heterocycles. The van der Waals surface area contributed by atoms with Crippen molar-refractivity contribution in [3.05, 3.63) is 24.2 Å². The van der Waals surface area contributed by atoms with Crippen LogP contribution in [0.1, 0.15) is 6.92 Å². The lowest BCUT2D eigenvalue weighted by molar-refractivity contribution is -0.0728. The minimum Gasteiger partial charge on any atom is -0.387 e. The van der Waals surface area contributed by atoms with Gasteiger partial charge in [-0.1, -0.05) is 6.58 Å². The zero-order chi connectivity index (χ0) is 14.9. The maximum Gasteiger partial charge on any atom is 0.163 e. The van der Waals surface area contributed by atoms with E-state index in [4.69, 9.17) is 15.2 Å². The third kappa shape index (κ3) is 2.57. The molecule has 0 amide bonds. The summed E-state index contributed by atoms with van der Waals surface area (Å²) in [6, 6.07) is -0.218. The molecule has 2 aliphatic heterocycles. The van der Waals surface area contributed by atoms with Crippen LogP contribution < -0.4 is 11.1 Å². The van der Waals surface area contributed by atoms with E-state index in [9.17, 15) is 5.11 Å². The molecule has 4 atom stereocenters. The molecule has 112 valence electrons. The second-order valence-corrected chi connectivity index (χ2v) is 4.96. The Labute approximate surface area is 118 Å². The summed E-state index contributed by atoms with van der Waals surface area (Å²) in [5.74, 6) is 0.877. The van der Waals surface area contributed by atoms with E-state index < -0.39 is 12.3 Å². The number of hydrogen-bond donors (Lipinski definition) is 3. The average Bonchev–Trinajstić information content (AvgIpc) is 2.71. The monoisotopic (exact) mass is 282 g/mol. The van der Waals surface area contributed by atoms with Crippen molar-refractivity contribution in [2.24, 2.45) is 10.7 Å². The molecule has 0 aromatic rings.